The van der Waals surface area contributed by atoms with E-state index in [1.54, 1.807) is 12.4 Å². The SMILES string of the molecule is CCCCCCc1ccc(-c2ccc(/C(C#N)=C/c3ccncc3)cc2)s1. The summed E-state index contributed by atoms with van der Waals surface area (Å²) in [7, 11) is 0. The first-order valence-electron chi connectivity index (χ1n) is 9.51. The molecule has 0 aliphatic carbocycles. The topological polar surface area (TPSA) is 36.7 Å². The molecule has 2 aromatic heterocycles. The van der Waals surface area contributed by atoms with Crippen molar-refractivity contribution in [2.45, 2.75) is 39.0 Å². The quantitative estimate of drug-likeness (QED) is 0.315. The van der Waals surface area contributed by atoms with Gasteiger partial charge in [0.15, 0.2) is 0 Å². The fourth-order valence-corrected chi connectivity index (χ4v) is 4.07. The molecule has 3 heteroatoms. The van der Waals surface area contributed by atoms with Gasteiger partial charge in [-0.2, -0.15) is 5.26 Å². The fraction of sp³-hybridized carbons (Fsp3) is 0.250. The number of hydrogen-bond acceptors (Lipinski definition) is 3. The molecule has 0 saturated carbocycles. The highest BCUT2D eigenvalue weighted by molar-refractivity contribution is 7.15. The van der Waals surface area contributed by atoms with E-state index in [4.69, 9.17) is 0 Å². The van der Waals surface area contributed by atoms with Crippen LogP contribution in [-0.2, 0) is 6.42 Å². The van der Waals surface area contributed by atoms with Crippen LogP contribution in [0.2, 0.25) is 0 Å². The standard InChI is InChI=1S/C24H24N2S/c1-2-3-4-5-6-23-11-12-24(27-23)21-9-7-20(8-10-21)22(18-25)17-19-13-15-26-16-14-19/h7-17H,2-6H2,1H3/b22-17+. The molecule has 27 heavy (non-hydrogen) atoms. The third kappa shape index (κ3) is 5.39. The molecule has 0 amide bonds. The second kappa shape index (κ2) is 9.85. The number of thiophene rings is 1. The summed E-state index contributed by atoms with van der Waals surface area (Å²) in [5.41, 5.74) is 3.80. The predicted molar refractivity (Wildman–Crippen MR) is 115 cm³/mol. The summed E-state index contributed by atoms with van der Waals surface area (Å²) < 4.78 is 0. The van der Waals surface area contributed by atoms with Crippen LogP contribution >= 0.6 is 11.3 Å². The average molecular weight is 373 g/mol. The molecule has 0 spiro atoms. The fourth-order valence-electron chi connectivity index (χ4n) is 3.01. The lowest BCUT2D eigenvalue weighted by atomic mass is 10.0. The van der Waals surface area contributed by atoms with E-state index in [0.29, 0.717) is 5.57 Å². The molecule has 1 aromatic carbocycles. The molecule has 0 aliphatic rings. The normalized spacial score (nSPS) is 11.3. The lowest BCUT2D eigenvalue weighted by Crippen LogP contribution is -1.83. The number of nitrogens with zero attached hydrogens (tertiary/aromatic N) is 2. The Hall–Kier alpha value is -2.70. The van der Waals surface area contributed by atoms with E-state index in [2.05, 4.69) is 42.2 Å². The molecule has 0 unspecified atom stereocenters. The second-order valence-corrected chi connectivity index (χ2v) is 7.77. The molecule has 0 N–H and O–H groups in total. The molecule has 2 heterocycles. The Labute approximate surface area is 165 Å². The van der Waals surface area contributed by atoms with Gasteiger partial charge in [-0.15, -0.1) is 11.3 Å². The van der Waals surface area contributed by atoms with E-state index in [1.807, 2.05) is 41.7 Å². The van der Waals surface area contributed by atoms with Gasteiger partial charge in [-0.3, -0.25) is 4.98 Å². The van der Waals surface area contributed by atoms with Crippen LogP contribution in [0, 0.1) is 11.3 Å². The van der Waals surface area contributed by atoms with Gasteiger partial charge in [-0.05, 0) is 59.9 Å². The van der Waals surface area contributed by atoms with Crippen LogP contribution in [0.5, 0.6) is 0 Å². The number of pyridine rings is 1. The van der Waals surface area contributed by atoms with Crippen LogP contribution < -0.4 is 0 Å². The lowest BCUT2D eigenvalue weighted by molar-refractivity contribution is 0.670. The Morgan fingerprint density at radius 3 is 2.48 bits per heavy atom. The van der Waals surface area contributed by atoms with Crippen molar-refractivity contribution in [1.82, 2.24) is 4.98 Å². The van der Waals surface area contributed by atoms with Crippen LogP contribution in [0.3, 0.4) is 0 Å². The number of unbranched alkanes of at least 4 members (excludes halogenated alkanes) is 3. The summed E-state index contributed by atoms with van der Waals surface area (Å²) in [6.07, 6.45) is 11.8. The molecule has 0 fully saturated rings. The van der Waals surface area contributed by atoms with Crippen molar-refractivity contribution in [3.05, 3.63) is 76.9 Å². The van der Waals surface area contributed by atoms with Gasteiger partial charge in [-0.1, -0.05) is 50.5 Å². The largest absolute Gasteiger partial charge is 0.265 e. The van der Waals surface area contributed by atoms with Crippen molar-refractivity contribution in [2.24, 2.45) is 0 Å². The summed E-state index contributed by atoms with van der Waals surface area (Å²) in [6, 6.07) is 18.9. The van der Waals surface area contributed by atoms with Gasteiger partial charge < -0.3 is 0 Å². The van der Waals surface area contributed by atoms with E-state index < -0.39 is 0 Å². The molecule has 0 aliphatic heterocycles. The monoisotopic (exact) mass is 372 g/mol. The van der Waals surface area contributed by atoms with Gasteiger partial charge in [0, 0.05) is 22.1 Å². The second-order valence-electron chi connectivity index (χ2n) is 6.60. The van der Waals surface area contributed by atoms with Crippen molar-refractivity contribution in [3.63, 3.8) is 0 Å². The predicted octanol–water partition coefficient (Wildman–Crippen LogP) is 7.00. The minimum atomic E-state index is 0.663. The third-order valence-corrected chi connectivity index (χ3v) is 5.75. The van der Waals surface area contributed by atoms with Gasteiger partial charge >= 0.3 is 0 Å². The maximum atomic E-state index is 9.52. The van der Waals surface area contributed by atoms with Gasteiger partial charge in [0.25, 0.3) is 0 Å². The van der Waals surface area contributed by atoms with Crippen molar-refractivity contribution < 1.29 is 0 Å². The minimum Gasteiger partial charge on any atom is -0.265 e. The summed E-state index contributed by atoms with van der Waals surface area (Å²) in [6.45, 7) is 2.25. The van der Waals surface area contributed by atoms with Crippen LogP contribution in [0.15, 0.2) is 60.9 Å². The smallest absolute Gasteiger partial charge is 0.0998 e. The highest BCUT2D eigenvalue weighted by Crippen LogP contribution is 2.30. The van der Waals surface area contributed by atoms with Crippen LogP contribution in [0.4, 0.5) is 0 Å². The number of nitriles is 1. The molecular weight excluding hydrogens is 348 g/mol. The molecule has 0 radical (unpaired) electrons. The van der Waals surface area contributed by atoms with Crippen molar-refractivity contribution >= 4 is 23.0 Å². The van der Waals surface area contributed by atoms with Crippen LogP contribution in [-0.4, -0.2) is 4.98 Å². The van der Waals surface area contributed by atoms with Crippen LogP contribution in [0.1, 0.15) is 48.6 Å². The van der Waals surface area contributed by atoms with Gasteiger partial charge in [-0.25, -0.2) is 0 Å². The average Bonchev–Trinajstić information content (AvgIpc) is 3.19. The van der Waals surface area contributed by atoms with Crippen molar-refractivity contribution in [2.75, 3.05) is 0 Å². The van der Waals surface area contributed by atoms with Crippen molar-refractivity contribution in [3.8, 4) is 16.5 Å². The number of benzene rings is 1. The Kier molecular flexibility index (Phi) is 6.96. The molecule has 0 bridgehead atoms. The Balaban J connectivity index is 1.71. The number of rotatable bonds is 8. The Bertz CT molecular complexity index is 915. The molecule has 0 atom stereocenters. The zero-order valence-corrected chi connectivity index (χ0v) is 16.5. The van der Waals surface area contributed by atoms with Crippen LogP contribution in [0.25, 0.3) is 22.1 Å². The first kappa shape index (κ1) is 19.1. The first-order chi connectivity index (χ1) is 13.3. The minimum absolute atomic E-state index is 0.663. The Morgan fingerprint density at radius 1 is 1.00 bits per heavy atom. The number of aryl methyl sites for hydroxylation is 1. The maximum Gasteiger partial charge on any atom is 0.0998 e. The zero-order chi connectivity index (χ0) is 18.9. The zero-order valence-electron chi connectivity index (χ0n) is 15.7. The molecule has 3 rings (SSSR count). The van der Waals surface area contributed by atoms with Gasteiger partial charge in [0.05, 0.1) is 11.6 Å². The maximum absolute atomic E-state index is 9.52. The molecule has 3 aromatic rings. The number of hydrogen-bond donors (Lipinski definition) is 0. The first-order valence-corrected chi connectivity index (χ1v) is 10.3. The summed E-state index contributed by atoms with van der Waals surface area (Å²) in [5.74, 6) is 0. The lowest BCUT2D eigenvalue weighted by Gasteiger charge is -2.02. The van der Waals surface area contributed by atoms with E-state index in [1.165, 1.54) is 47.4 Å². The van der Waals surface area contributed by atoms with Gasteiger partial charge in [0.1, 0.15) is 0 Å². The molecule has 136 valence electrons. The molecular formula is C24H24N2S. The number of aromatic nitrogens is 1. The Morgan fingerprint density at radius 2 is 1.78 bits per heavy atom. The van der Waals surface area contributed by atoms with E-state index >= 15 is 0 Å². The molecule has 2 nitrogen and oxygen atoms in total. The number of allylic oxidation sites excluding steroid dienone is 1. The highest BCUT2D eigenvalue weighted by atomic mass is 32.1. The summed E-state index contributed by atoms with van der Waals surface area (Å²) >= 11 is 1.88. The van der Waals surface area contributed by atoms with Gasteiger partial charge in [0.2, 0.25) is 0 Å². The third-order valence-electron chi connectivity index (χ3n) is 4.56. The molecule has 0 saturated heterocycles. The highest BCUT2D eigenvalue weighted by Gasteiger charge is 2.06. The van der Waals surface area contributed by atoms with E-state index in [-0.39, 0.29) is 0 Å². The van der Waals surface area contributed by atoms with E-state index in [9.17, 15) is 5.26 Å². The summed E-state index contributed by atoms with van der Waals surface area (Å²) in [4.78, 5) is 6.77. The summed E-state index contributed by atoms with van der Waals surface area (Å²) in [5, 5.41) is 9.52. The van der Waals surface area contributed by atoms with E-state index in [0.717, 1.165) is 11.1 Å². The van der Waals surface area contributed by atoms with Crippen molar-refractivity contribution in [1.29, 1.82) is 5.26 Å².